The predicted octanol–water partition coefficient (Wildman–Crippen LogP) is 8.51. The van der Waals surface area contributed by atoms with E-state index in [1.165, 1.54) is 64.2 Å². The largest absolute Gasteiger partial charge is 0.392 e. The van der Waals surface area contributed by atoms with Gasteiger partial charge in [0.25, 0.3) is 0 Å². The van der Waals surface area contributed by atoms with Gasteiger partial charge in [0, 0.05) is 42.1 Å². The molecular formula is C50H70N2O5. The fourth-order valence-electron chi connectivity index (χ4n) is 18.2. The summed E-state index contributed by atoms with van der Waals surface area (Å²) >= 11 is 0. The number of rotatable bonds is 4. The molecule has 310 valence electrons. The second kappa shape index (κ2) is 12.7. The third-order valence-electron chi connectivity index (χ3n) is 20.6. The first-order chi connectivity index (χ1) is 27.2. The topological polar surface area (TPSA) is 116 Å². The molecule has 1 aromatic heterocycles. The van der Waals surface area contributed by atoms with Crippen LogP contribution in [-0.2, 0) is 11.3 Å². The van der Waals surface area contributed by atoms with Crippen LogP contribution in [0, 0.1) is 74.9 Å². The minimum Gasteiger partial charge on any atom is -0.392 e. The van der Waals surface area contributed by atoms with Gasteiger partial charge in [0.1, 0.15) is 0 Å². The lowest BCUT2D eigenvalue weighted by Gasteiger charge is -2.63. The van der Waals surface area contributed by atoms with Gasteiger partial charge in [-0.25, -0.2) is 4.98 Å². The van der Waals surface area contributed by atoms with E-state index in [9.17, 15) is 25.2 Å². The van der Waals surface area contributed by atoms with Gasteiger partial charge in [-0.15, -0.1) is 0 Å². The number of ketones is 1. The Balaban J connectivity index is 1.04. The number of fused-ring (bicyclic) bond motifs is 10. The fraction of sp³-hybridized carbons (Fsp3) is 0.800. The van der Waals surface area contributed by atoms with Gasteiger partial charge >= 0.3 is 0 Å². The van der Waals surface area contributed by atoms with Gasteiger partial charge in [-0.3, -0.25) is 4.79 Å². The van der Waals surface area contributed by atoms with Crippen molar-refractivity contribution in [3.8, 4) is 0 Å². The van der Waals surface area contributed by atoms with Crippen LogP contribution in [0.2, 0.25) is 0 Å². The highest BCUT2D eigenvalue weighted by molar-refractivity contribution is 5.95. The fourth-order valence-corrected chi connectivity index (χ4v) is 18.2. The van der Waals surface area contributed by atoms with Gasteiger partial charge in [-0.1, -0.05) is 62.8 Å². The van der Waals surface area contributed by atoms with Gasteiger partial charge in [-0.05, 0) is 166 Å². The average molecular weight is 779 g/mol. The second-order valence-corrected chi connectivity index (χ2v) is 22.9. The lowest BCUT2D eigenvalue weighted by molar-refractivity contribution is -0.168. The van der Waals surface area contributed by atoms with Gasteiger partial charge in [-0.2, -0.15) is 0 Å². The smallest absolute Gasteiger partial charge is 0.159 e. The lowest BCUT2D eigenvalue weighted by Crippen LogP contribution is -2.64. The van der Waals surface area contributed by atoms with Crippen LogP contribution in [0.3, 0.4) is 0 Å². The average Bonchev–Trinajstić information content (AvgIpc) is 3.92. The molecule has 11 rings (SSSR count). The third-order valence-corrected chi connectivity index (χ3v) is 20.6. The highest BCUT2D eigenvalue weighted by atomic mass is 16.3. The minimum atomic E-state index is -1.11. The van der Waals surface area contributed by atoms with Crippen LogP contribution in [-0.4, -0.2) is 59.7 Å². The zero-order valence-electron chi connectivity index (χ0n) is 35.3. The molecule has 15 unspecified atom stereocenters. The van der Waals surface area contributed by atoms with E-state index in [2.05, 4.69) is 43.4 Å². The van der Waals surface area contributed by atoms with E-state index >= 15 is 0 Å². The van der Waals surface area contributed by atoms with Gasteiger partial charge in [0.2, 0.25) is 0 Å². The Kier molecular flexibility index (Phi) is 8.47. The van der Waals surface area contributed by atoms with Crippen LogP contribution < -0.4 is 0 Å². The number of carbonyl (C=O) groups excluding carboxylic acids is 1. The van der Waals surface area contributed by atoms with E-state index in [0.717, 1.165) is 44.2 Å². The first-order valence-electron chi connectivity index (χ1n) is 23.7. The van der Waals surface area contributed by atoms with Crippen molar-refractivity contribution < 1.29 is 25.2 Å². The summed E-state index contributed by atoms with van der Waals surface area (Å²) in [6.45, 7) is 10.5. The van der Waals surface area contributed by atoms with Crippen molar-refractivity contribution in [1.29, 1.82) is 0 Å². The zero-order valence-corrected chi connectivity index (χ0v) is 35.3. The standard InChI is InChI=1S/C50H70N2O5/c1-46(2,19-21-52-22-20-51-27-52)44-32-11-8-17-49(15-5-6-16-49)43(32)31-10-7-9-29-30-13-12-28-23-34-35(24-37(53)36-25-38(54)39(55)26-47(34,36)3)50(57)18-14-33(48(28,50)4)41(30)45(56)42(44)40(29)31/h20,22,24,27-30,33-34,36,38-39,41-43,45,54-57H,5-19,21,23,25-26H2,1-4H3. The Morgan fingerprint density at radius 2 is 1.67 bits per heavy atom. The molecule has 0 saturated heterocycles. The normalized spacial score (nSPS) is 48.4. The van der Waals surface area contributed by atoms with E-state index in [4.69, 9.17) is 0 Å². The number of hydrogen-bond donors (Lipinski definition) is 4. The van der Waals surface area contributed by atoms with Crippen molar-refractivity contribution in [3.05, 3.63) is 52.7 Å². The summed E-state index contributed by atoms with van der Waals surface area (Å²) in [5, 5.41) is 48.9. The molecule has 10 aliphatic carbocycles. The van der Waals surface area contributed by atoms with Gasteiger partial charge in [0.05, 0.1) is 30.2 Å². The lowest BCUT2D eigenvalue weighted by atomic mass is 9.42. The van der Waals surface area contributed by atoms with Crippen LogP contribution >= 0.6 is 0 Å². The quantitative estimate of drug-likeness (QED) is 0.228. The number of hydrogen-bond acceptors (Lipinski definition) is 6. The third kappa shape index (κ3) is 4.92. The summed E-state index contributed by atoms with van der Waals surface area (Å²) in [4.78, 5) is 18.5. The van der Waals surface area contributed by atoms with Gasteiger partial charge in [0.15, 0.2) is 5.78 Å². The molecule has 7 fully saturated rings. The second-order valence-electron chi connectivity index (χ2n) is 22.9. The summed E-state index contributed by atoms with van der Waals surface area (Å²) in [6, 6.07) is 0. The van der Waals surface area contributed by atoms with Crippen LogP contribution in [0.4, 0.5) is 0 Å². The molecule has 10 aliphatic rings. The summed E-state index contributed by atoms with van der Waals surface area (Å²) < 4.78 is 2.24. The number of carbonyl (C=O) groups is 1. The van der Waals surface area contributed by atoms with Crippen LogP contribution in [0.25, 0.3) is 0 Å². The Morgan fingerprint density at radius 3 is 2.44 bits per heavy atom. The van der Waals surface area contributed by atoms with Crippen LogP contribution in [0.1, 0.15) is 143 Å². The monoisotopic (exact) mass is 779 g/mol. The Labute approximate surface area is 340 Å². The van der Waals surface area contributed by atoms with E-state index in [1.54, 1.807) is 22.3 Å². The zero-order chi connectivity index (χ0) is 39.4. The predicted molar refractivity (Wildman–Crippen MR) is 219 cm³/mol. The van der Waals surface area contributed by atoms with Crippen molar-refractivity contribution in [2.75, 3.05) is 0 Å². The highest BCUT2D eigenvalue weighted by Gasteiger charge is 2.73. The molecule has 0 radical (unpaired) electrons. The Morgan fingerprint density at radius 1 is 0.895 bits per heavy atom. The molecule has 57 heavy (non-hydrogen) atoms. The SMILES string of the molecule is CC(C)(CCn1ccnc1)C1=C2CCCC3(CCCC3)C2C2=C3C(CCC2)C2CCC4CC5C(=CC(=O)C6CC(O)C(O)CC65C)C5(O)CCC(C2C(O)C31)C45C. The van der Waals surface area contributed by atoms with E-state index in [0.29, 0.717) is 42.4 Å². The maximum absolute atomic E-state index is 14.1. The highest BCUT2D eigenvalue weighted by Crippen LogP contribution is 2.75. The number of aliphatic hydroxyl groups is 4. The molecule has 1 spiro atoms. The van der Waals surface area contributed by atoms with Crippen molar-refractivity contribution in [3.63, 3.8) is 0 Å². The molecule has 0 bridgehead atoms. The summed E-state index contributed by atoms with van der Waals surface area (Å²) in [5.41, 5.74) is 6.00. The number of nitrogens with zero attached hydrogens (tertiary/aromatic N) is 2. The first-order valence-corrected chi connectivity index (χ1v) is 23.7. The van der Waals surface area contributed by atoms with E-state index < -0.39 is 34.7 Å². The number of allylic oxidation sites excluding steroid dienone is 3. The molecule has 7 nitrogen and oxygen atoms in total. The number of aromatic nitrogens is 2. The van der Waals surface area contributed by atoms with Crippen LogP contribution in [0.5, 0.6) is 0 Å². The molecule has 4 N–H and O–H groups in total. The molecule has 0 amide bonds. The van der Waals surface area contributed by atoms with Crippen molar-refractivity contribution in [2.24, 2.45) is 74.9 Å². The van der Waals surface area contributed by atoms with E-state index in [1.807, 2.05) is 18.6 Å². The molecule has 7 heteroatoms. The Hall–Kier alpha value is -2.06. The number of aryl methyl sites for hydroxylation is 1. The van der Waals surface area contributed by atoms with Gasteiger partial charge < -0.3 is 25.0 Å². The molecule has 0 aliphatic heterocycles. The molecule has 7 saturated carbocycles. The Bertz CT molecular complexity index is 1920. The molecule has 1 heterocycles. The van der Waals surface area contributed by atoms with E-state index in [-0.39, 0.29) is 46.7 Å². The summed E-state index contributed by atoms with van der Waals surface area (Å²) in [7, 11) is 0. The number of aliphatic hydroxyl groups excluding tert-OH is 3. The molecule has 15 atom stereocenters. The summed E-state index contributed by atoms with van der Waals surface area (Å²) in [6.07, 6.45) is 24.8. The van der Waals surface area contributed by atoms with Crippen molar-refractivity contribution in [2.45, 2.75) is 174 Å². The molecule has 0 aromatic carbocycles. The number of imidazole rings is 1. The van der Waals surface area contributed by atoms with Crippen molar-refractivity contribution >= 4 is 5.78 Å². The first kappa shape index (κ1) is 37.9. The maximum atomic E-state index is 14.1. The maximum Gasteiger partial charge on any atom is 0.159 e. The summed E-state index contributed by atoms with van der Waals surface area (Å²) in [5.74, 6) is 1.79. The molecular weight excluding hydrogens is 709 g/mol. The molecule has 1 aromatic rings. The van der Waals surface area contributed by atoms with Crippen molar-refractivity contribution in [1.82, 2.24) is 9.55 Å². The van der Waals surface area contributed by atoms with Crippen LogP contribution in [0.15, 0.2) is 52.7 Å². The minimum absolute atomic E-state index is 0.0131.